The lowest BCUT2D eigenvalue weighted by Gasteiger charge is -2.36. The predicted octanol–water partition coefficient (Wildman–Crippen LogP) is 4.99. The van der Waals surface area contributed by atoms with Gasteiger partial charge < -0.3 is 28.5 Å². The molecule has 0 heterocycles. The molecule has 7 nitrogen and oxygen atoms in total. The molecule has 0 atom stereocenters. The van der Waals surface area contributed by atoms with Gasteiger partial charge in [0.2, 0.25) is 0 Å². The molecule has 34 heavy (non-hydrogen) atoms. The molecule has 0 bridgehead atoms. The van der Waals surface area contributed by atoms with Crippen LogP contribution in [0.1, 0.15) is 36.7 Å². The van der Waals surface area contributed by atoms with Crippen LogP contribution < -0.4 is 4.74 Å². The summed E-state index contributed by atoms with van der Waals surface area (Å²) < 4.78 is 79.7. The van der Waals surface area contributed by atoms with Gasteiger partial charge in [-0.25, -0.2) is 9.18 Å². The van der Waals surface area contributed by atoms with Gasteiger partial charge in [-0.1, -0.05) is 20.8 Å². The molecule has 1 aromatic rings. The number of alkyl halides is 3. The van der Waals surface area contributed by atoms with Crippen molar-refractivity contribution in [3.05, 3.63) is 29.1 Å². The summed E-state index contributed by atoms with van der Waals surface area (Å²) in [5.41, 5.74) is -2.43. The molecule has 0 aromatic heterocycles. The SMILES string of the molecule is CC(C)(C)[Si](C)(C)OCCOCCOCCOCCOc1cc(C(F)(F)F)cc(C(=O)O)c1F. The first-order valence-corrected chi connectivity index (χ1v) is 13.7. The van der Waals surface area contributed by atoms with Crippen molar-refractivity contribution in [1.29, 1.82) is 0 Å². The molecular formula is C22H34F4O7Si. The van der Waals surface area contributed by atoms with Crippen LogP contribution in [0.4, 0.5) is 17.6 Å². The lowest BCUT2D eigenvalue weighted by Crippen LogP contribution is -2.41. The van der Waals surface area contributed by atoms with Gasteiger partial charge in [-0.3, -0.25) is 0 Å². The molecule has 0 aliphatic rings. The topological polar surface area (TPSA) is 83.5 Å². The summed E-state index contributed by atoms with van der Waals surface area (Å²) in [6, 6.07) is 0.645. The first-order valence-electron chi connectivity index (χ1n) is 10.8. The monoisotopic (exact) mass is 514 g/mol. The highest BCUT2D eigenvalue weighted by Gasteiger charge is 2.37. The minimum atomic E-state index is -4.84. The third-order valence-electron chi connectivity index (χ3n) is 5.32. The van der Waals surface area contributed by atoms with Crippen LogP contribution >= 0.6 is 0 Å². The Hall–Kier alpha value is -1.73. The van der Waals surface area contributed by atoms with Crippen molar-refractivity contribution in [2.24, 2.45) is 0 Å². The molecule has 0 unspecified atom stereocenters. The smallest absolute Gasteiger partial charge is 0.416 e. The Morgan fingerprint density at radius 2 is 1.35 bits per heavy atom. The second-order valence-corrected chi connectivity index (χ2v) is 13.7. The van der Waals surface area contributed by atoms with Gasteiger partial charge in [0.15, 0.2) is 19.9 Å². The number of ether oxygens (including phenoxy) is 4. The van der Waals surface area contributed by atoms with Crippen LogP contribution in [0.5, 0.6) is 5.75 Å². The van der Waals surface area contributed by atoms with Crippen LogP contribution in [0.15, 0.2) is 12.1 Å². The molecule has 0 aliphatic carbocycles. The van der Waals surface area contributed by atoms with E-state index in [9.17, 15) is 22.4 Å². The summed E-state index contributed by atoms with van der Waals surface area (Å²) in [6.45, 7) is 12.7. The van der Waals surface area contributed by atoms with Gasteiger partial charge in [-0.05, 0) is 30.3 Å². The van der Waals surface area contributed by atoms with E-state index < -0.39 is 43.2 Å². The van der Waals surface area contributed by atoms with E-state index in [1.807, 2.05) is 0 Å². The Balaban J connectivity index is 2.19. The normalized spacial score (nSPS) is 12.7. The molecule has 0 saturated heterocycles. The van der Waals surface area contributed by atoms with Gasteiger partial charge in [-0.2, -0.15) is 13.2 Å². The number of carbonyl (C=O) groups is 1. The average molecular weight is 515 g/mol. The molecule has 1 aromatic carbocycles. The summed E-state index contributed by atoms with van der Waals surface area (Å²) in [7, 11) is -1.78. The number of hydrogen-bond acceptors (Lipinski definition) is 6. The fourth-order valence-corrected chi connectivity index (χ4v) is 3.37. The van der Waals surface area contributed by atoms with E-state index in [4.69, 9.17) is 28.5 Å². The third-order valence-corrected chi connectivity index (χ3v) is 9.86. The molecular weight excluding hydrogens is 480 g/mol. The molecule has 0 saturated carbocycles. The van der Waals surface area contributed by atoms with Crippen LogP contribution in [0, 0.1) is 5.82 Å². The zero-order chi connectivity index (χ0) is 26.0. The lowest BCUT2D eigenvalue weighted by molar-refractivity contribution is -0.137. The maximum atomic E-state index is 14.1. The lowest BCUT2D eigenvalue weighted by atomic mass is 10.1. The van der Waals surface area contributed by atoms with Crippen molar-refractivity contribution in [1.82, 2.24) is 0 Å². The molecule has 0 amide bonds. The number of carboxylic acid groups (broad SMARTS) is 1. The third kappa shape index (κ3) is 10.3. The molecule has 1 N–H and O–H groups in total. The Labute approximate surface area is 198 Å². The summed E-state index contributed by atoms with van der Waals surface area (Å²) in [6.07, 6.45) is -4.84. The van der Waals surface area contributed by atoms with Gasteiger partial charge in [0.05, 0.1) is 57.4 Å². The van der Waals surface area contributed by atoms with Gasteiger partial charge in [0, 0.05) is 0 Å². The molecule has 12 heteroatoms. The highest BCUT2D eigenvalue weighted by Crippen LogP contribution is 2.36. The Bertz CT molecular complexity index is 780. The maximum absolute atomic E-state index is 14.1. The van der Waals surface area contributed by atoms with E-state index in [-0.39, 0.29) is 37.5 Å². The zero-order valence-corrected chi connectivity index (χ0v) is 21.2. The second kappa shape index (κ2) is 13.4. The largest absolute Gasteiger partial charge is 0.488 e. The summed E-state index contributed by atoms with van der Waals surface area (Å²) in [4.78, 5) is 11.0. The standard InChI is InChI=1S/C22H34F4O7Si/c1-21(2,3)34(4,5)33-13-11-31-9-7-29-6-8-30-10-12-32-18-15-16(22(24,25)26)14-17(19(18)23)20(27)28/h14-15H,6-13H2,1-5H3,(H,27,28). The van der Waals surface area contributed by atoms with Gasteiger partial charge in [-0.15, -0.1) is 0 Å². The highest BCUT2D eigenvalue weighted by atomic mass is 28.4. The quantitative estimate of drug-likeness (QED) is 0.201. The Kier molecular flexibility index (Phi) is 11.9. The van der Waals surface area contributed by atoms with Crippen molar-refractivity contribution in [3.63, 3.8) is 0 Å². The summed E-state index contributed by atoms with van der Waals surface area (Å²) >= 11 is 0. The molecule has 0 fully saturated rings. The number of rotatable bonds is 15. The molecule has 0 radical (unpaired) electrons. The van der Waals surface area contributed by atoms with Gasteiger partial charge in [0.25, 0.3) is 0 Å². The van der Waals surface area contributed by atoms with Crippen LogP contribution in [0.2, 0.25) is 18.1 Å². The number of halogens is 4. The van der Waals surface area contributed by atoms with Gasteiger partial charge in [0.1, 0.15) is 6.61 Å². The number of carboxylic acids is 1. The minimum absolute atomic E-state index is 0.0528. The fraction of sp³-hybridized carbons (Fsp3) is 0.682. The maximum Gasteiger partial charge on any atom is 0.416 e. The number of aromatic carboxylic acids is 1. The molecule has 196 valence electrons. The van der Waals surface area contributed by atoms with Crippen LogP contribution in [-0.4, -0.2) is 72.2 Å². The molecule has 0 aliphatic heterocycles. The second-order valence-electron chi connectivity index (χ2n) is 8.93. The van der Waals surface area contributed by atoms with Crippen molar-refractivity contribution in [2.75, 3.05) is 52.9 Å². The van der Waals surface area contributed by atoms with Crippen LogP contribution in [-0.2, 0) is 24.8 Å². The van der Waals surface area contributed by atoms with Crippen molar-refractivity contribution < 1.29 is 50.8 Å². The minimum Gasteiger partial charge on any atom is -0.488 e. The van der Waals surface area contributed by atoms with Crippen molar-refractivity contribution >= 4 is 14.3 Å². The van der Waals surface area contributed by atoms with Crippen molar-refractivity contribution in [3.8, 4) is 5.75 Å². The first-order chi connectivity index (χ1) is 15.7. The van der Waals surface area contributed by atoms with E-state index in [0.717, 1.165) is 0 Å². The number of hydrogen-bond donors (Lipinski definition) is 1. The fourth-order valence-electron chi connectivity index (χ4n) is 2.35. The van der Waals surface area contributed by atoms with E-state index >= 15 is 0 Å². The number of benzene rings is 1. The molecule has 0 spiro atoms. The van der Waals surface area contributed by atoms with Crippen LogP contribution in [0.3, 0.4) is 0 Å². The van der Waals surface area contributed by atoms with Gasteiger partial charge >= 0.3 is 12.1 Å². The summed E-state index contributed by atoms with van der Waals surface area (Å²) in [5.74, 6) is -4.01. The van der Waals surface area contributed by atoms with Crippen molar-refractivity contribution in [2.45, 2.75) is 45.1 Å². The summed E-state index contributed by atoms with van der Waals surface area (Å²) in [5, 5.41) is 9.04. The predicted molar refractivity (Wildman–Crippen MR) is 119 cm³/mol. The van der Waals surface area contributed by atoms with Crippen LogP contribution in [0.25, 0.3) is 0 Å². The zero-order valence-electron chi connectivity index (χ0n) is 20.2. The first kappa shape index (κ1) is 30.3. The van der Waals surface area contributed by atoms with E-state index in [2.05, 4.69) is 33.9 Å². The van der Waals surface area contributed by atoms with E-state index in [0.29, 0.717) is 32.5 Å². The highest BCUT2D eigenvalue weighted by molar-refractivity contribution is 6.74. The average Bonchev–Trinajstić information content (AvgIpc) is 2.70. The Morgan fingerprint density at radius 1 is 0.882 bits per heavy atom. The van der Waals surface area contributed by atoms with E-state index in [1.54, 1.807) is 0 Å². The van der Waals surface area contributed by atoms with E-state index in [1.165, 1.54) is 0 Å². The Morgan fingerprint density at radius 3 is 1.79 bits per heavy atom. The molecule has 1 rings (SSSR count).